The molecule has 3 aliphatic rings. The highest BCUT2D eigenvalue weighted by Gasteiger charge is 2.46. The Morgan fingerprint density at radius 2 is 2.11 bits per heavy atom. The summed E-state index contributed by atoms with van der Waals surface area (Å²) in [5, 5.41) is 17.5. The van der Waals surface area contributed by atoms with Gasteiger partial charge >= 0.3 is 6.09 Å². The van der Waals surface area contributed by atoms with Crippen LogP contribution in [0.2, 0.25) is 0 Å². The normalized spacial score (nSPS) is 27.8. The molecule has 2 amide bonds. The average Bonchev–Trinajstić information content (AvgIpc) is 3.37. The third-order valence-electron chi connectivity index (χ3n) is 6.05. The molecule has 1 aromatic heterocycles. The summed E-state index contributed by atoms with van der Waals surface area (Å²) in [5.74, 6) is 0.560. The molecule has 3 fully saturated rings. The molecular weight excluding hydrogens is 350 g/mol. The Hall–Kier alpha value is -2.13. The van der Waals surface area contributed by atoms with Gasteiger partial charge in [-0.15, -0.1) is 0 Å². The van der Waals surface area contributed by atoms with E-state index in [0.717, 1.165) is 18.7 Å². The molecule has 3 atom stereocenters. The lowest BCUT2D eigenvalue weighted by Gasteiger charge is -2.27. The van der Waals surface area contributed by atoms with Crippen LogP contribution in [0, 0.1) is 11.8 Å². The number of nitrogens with one attached hydrogen (secondary N) is 1. The van der Waals surface area contributed by atoms with Gasteiger partial charge in [0.2, 0.25) is 0 Å². The fourth-order valence-electron chi connectivity index (χ4n) is 4.60. The van der Waals surface area contributed by atoms with Crippen LogP contribution in [0.25, 0.3) is 0 Å². The summed E-state index contributed by atoms with van der Waals surface area (Å²) in [4.78, 5) is 28.1. The lowest BCUT2D eigenvalue weighted by atomic mass is 9.90. The van der Waals surface area contributed by atoms with E-state index in [1.807, 2.05) is 13.1 Å². The Kier molecular flexibility index (Phi) is 5.05. The number of carbonyl (C=O) groups is 2. The molecule has 1 aromatic rings. The summed E-state index contributed by atoms with van der Waals surface area (Å²) in [6, 6.07) is -0.117. The Morgan fingerprint density at radius 3 is 2.81 bits per heavy atom. The van der Waals surface area contributed by atoms with E-state index < -0.39 is 6.09 Å². The highest BCUT2D eigenvalue weighted by molar-refractivity contribution is 5.93. The first-order valence-corrected chi connectivity index (χ1v) is 9.72. The number of morpholine rings is 1. The van der Waals surface area contributed by atoms with Crippen molar-refractivity contribution in [2.24, 2.45) is 11.8 Å². The molecule has 3 saturated heterocycles. The fraction of sp³-hybridized carbons (Fsp3) is 0.722. The number of likely N-dealkylation sites (tertiary alicyclic amines) is 1. The van der Waals surface area contributed by atoms with E-state index in [2.05, 4.69) is 10.4 Å². The van der Waals surface area contributed by atoms with E-state index in [1.165, 1.54) is 0 Å². The summed E-state index contributed by atoms with van der Waals surface area (Å²) < 4.78 is 7.11. The highest BCUT2D eigenvalue weighted by Crippen LogP contribution is 2.35. The van der Waals surface area contributed by atoms with Crippen molar-refractivity contribution in [2.75, 3.05) is 45.9 Å². The molecule has 148 valence electrons. The number of fused-ring (bicyclic) bond motifs is 1. The molecule has 3 aliphatic heterocycles. The lowest BCUT2D eigenvalue weighted by Crippen LogP contribution is -2.42. The summed E-state index contributed by atoms with van der Waals surface area (Å²) in [6.07, 6.45) is 1.56. The van der Waals surface area contributed by atoms with Gasteiger partial charge in [0.1, 0.15) is 0 Å². The number of amides is 2. The van der Waals surface area contributed by atoms with Gasteiger partial charge in [-0.05, 0) is 25.2 Å². The van der Waals surface area contributed by atoms with Crippen LogP contribution in [-0.4, -0.2) is 88.7 Å². The maximum absolute atomic E-state index is 13.0. The SMILES string of the molecule is CCn1cc(CC2C3CNCC3CN2C(=O)O)c(C(=O)N2CCOCC2)n1. The summed E-state index contributed by atoms with van der Waals surface area (Å²) >= 11 is 0. The molecule has 0 bridgehead atoms. The standard InChI is InChI=1S/C18H27N5O4/c1-2-22-10-12(16(20-22)17(24)21-3-5-27-6-4-21)7-15-14-9-19-8-13(14)11-23(15)18(25)26/h10,13-15,19H,2-9,11H2,1H3,(H,25,26). The predicted octanol–water partition coefficient (Wildman–Crippen LogP) is 0.116. The Balaban J connectivity index is 1.59. The quantitative estimate of drug-likeness (QED) is 0.773. The second kappa shape index (κ2) is 7.47. The van der Waals surface area contributed by atoms with Crippen molar-refractivity contribution in [3.05, 3.63) is 17.5 Å². The average molecular weight is 377 g/mol. The summed E-state index contributed by atoms with van der Waals surface area (Å²) in [7, 11) is 0. The van der Waals surface area contributed by atoms with Crippen LogP contribution in [-0.2, 0) is 17.7 Å². The topological polar surface area (TPSA) is 99.9 Å². The molecule has 0 spiro atoms. The molecule has 9 heteroatoms. The van der Waals surface area contributed by atoms with E-state index in [4.69, 9.17) is 4.74 Å². The maximum atomic E-state index is 13.0. The first kappa shape index (κ1) is 18.2. The van der Waals surface area contributed by atoms with Gasteiger partial charge in [0.15, 0.2) is 5.69 Å². The molecule has 4 heterocycles. The van der Waals surface area contributed by atoms with Crippen molar-refractivity contribution in [2.45, 2.75) is 25.9 Å². The molecule has 4 rings (SSSR count). The van der Waals surface area contributed by atoms with Gasteiger partial charge in [0.25, 0.3) is 5.91 Å². The Morgan fingerprint density at radius 1 is 1.33 bits per heavy atom. The van der Waals surface area contributed by atoms with Crippen LogP contribution in [0.5, 0.6) is 0 Å². The molecule has 0 aromatic carbocycles. The number of ether oxygens (including phenoxy) is 1. The minimum absolute atomic E-state index is 0.0820. The van der Waals surface area contributed by atoms with Crippen LogP contribution in [0.1, 0.15) is 23.0 Å². The largest absolute Gasteiger partial charge is 0.465 e. The minimum atomic E-state index is -0.877. The molecule has 3 unspecified atom stereocenters. The highest BCUT2D eigenvalue weighted by atomic mass is 16.5. The molecule has 0 radical (unpaired) electrons. The van der Waals surface area contributed by atoms with Crippen LogP contribution in [0.4, 0.5) is 4.79 Å². The molecule has 0 saturated carbocycles. The van der Waals surface area contributed by atoms with E-state index in [1.54, 1.807) is 14.5 Å². The molecule has 0 aliphatic carbocycles. The Bertz CT molecular complexity index is 715. The van der Waals surface area contributed by atoms with Crippen LogP contribution in [0.3, 0.4) is 0 Å². The monoisotopic (exact) mass is 377 g/mol. The van der Waals surface area contributed by atoms with Crippen LogP contribution in [0.15, 0.2) is 6.20 Å². The van der Waals surface area contributed by atoms with Crippen molar-refractivity contribution < 1.29 is 19.4 Å². The van der Waals surface area contributed by atoms with E-state index in [-0.39, 0.29) is 17.9 Å². The zero-order chi connectivity index (χ0) is 19.0. The third-order valence-corrected chi connectivity index (χ3v) is 6.05. The number of carbonyl (C=O) groups excluding carboxylic acids is 1. The van der Waals surface area contributed by atoms with Crippen molar-refractivity contribution >= 4 is 12.0 Å². The van der Waals surface area contributed by atoms with Crippen LogP contribution < -0.4 is 5.32 Å². The third kappa shape index (κ3) is 3.41. The van der Waals surface area contributed by atoms with Gasteiger partial charge in [-0.25, -0.2) is 4.79 Å². The number of aromatic nitrogens is 2. The zero-order valence-electron chi connectivity index (χ0n) is 15.6. The summed E-state index contributed by atoms with van der Waals surface area (Å²) in [5.41, 5.74) is 1.30. The van der Waals surface area contributed by atoms with E-state index in [9.17, 15) is 14.7 Å². The molecule has 27 heavy (non-hydrogen) atoms. The maximum Gasteiger partial charge on any atom is 0.407 e. The molecule has 9 nitrogen and oxygen atoms in total. The lowest BCUT2D eigenvalue weighted by molar-refractivity contribution is 0.0297. The number of rotatable bonds is 4. The number of nitrogens with zero attached hydrogens (tertiary/aromatic N) is 4. The van der Waals surface area contributed by atoms with Crippen molar-refractivity contribution in [1.82, 2.24) is 24.9 Å². The van der Waals surface area contributed by atoms with Crippen LogP contribution >= 0.6 is 0 Å². The van der Waals surface area contributed by atoms with Gasteiger partial charge in [-0.3, -0.25) is 9.48 Å². The van der Waals surface area contributed by atoms with Gasteiger partial charge in [-0.2, -0.15) is 5.10 Å². The van der Waals surface area contributed by atoms with Gasteiger partial charge in [0, 0.05) is 57.1 Å². The van der Waals surface area contributed by atoms with Gasteiger partial charge in [-0.1, -0.05) is 0 Å². The first-order valence-electron chi connectivity index (χ1n) is 9.72. The van der Waals surface area contributed by atoms with Gasteiger partial charge < -0.3 is 25.0 Å². The van der Waals surface area contributed by atoms with Crippen molar-refractivity contribution in [1.29, 1.82) is 0 Å². The van der Waals surface area contributed by atoms with Crippen molar-refractivity contribution in [3.8, 4) is 0 Å². The number of carboxylic acid groups (broad SMARTS) is 1. The Labute approximate surface area is 158 Å². The minimum Gasteiger partial charge on any atom is -0.465 e. The second-order valence-corrected chi connectivity index (χ2v) is 7.55. The fourth-order valence-corrected chi connectivity index (χ4v) is 4.60. The predicted molar refractivity (Wildman–Crippen MR) is 96.7 cm³/mol. The number of hydrogen-bond donors (Lipinski definition) is 2. The molecule has 2 N–H and O–H groups in total. The van der Waals surface area contributed by atoms with E-state index >= 15 is 0 Å². The summed E-state index contributed by atoms with van der Waals surface area (Å²) in [6.45, 7) is 7.12. The van der Waals surface area contributed by atoms with Gasteiger partial charge in [0.05, 0.1) is 13.2 Å². The smallest absolute Gasteiger partial charge is 0.407 e. The van der Waals surface area contributed by atoms with E-state index in [0.29, 0.717) is 57.4 Å². The number of hydrogen-bond acceptors (Lipinski definition) is 5. The van der Waals surface area contributed by atoms with Crippen molar-refractivity contribution in [3.63, 3.8) is 0 Å². The zero-order valence-corrected chi connectivity index (χ0v) is 15.6. The first-order chi connectivity index (χ1) is 13.1. The molecular formula is C18H27N5O4. The number of aryl methyl sites for hydroxylation is 1. The second-order valence-electron chi connectivity index (χ2n) is 7.55.